The van der Waals surface area contributed by atoms with E-state index in [-0.39, 0.29) is 23.5 Å². The molecule has 0 unspecified atom stereocenters. The maximum atomic E-state index is 13.5. The number of allylic oxidation sites excluding steroid dienone is 1. The summed E-state index contributed by atoms with van der Waals surface area (Å²) in [5.74, 6) is -0.306. The van der Waals surface area contributed by atoms with Gasteiger partial charge in [-0.1, -0.05) is 41.1 Å². The van der Waals surface area contributed by atoms with Crippen molar-refractivity contribution >= 4 is 61.9 Å². The summed E-state index contributed by atoms with van der Waals surface area (Å²) in [5, 5.41) is 15.9. The Bertz CT molecular complexity index is 2010. The Hall–Kier alpha value is -4.38. The SMILES string of the molecule is C=CCn1c(=N)c(-c2nc(-c3cccs3)c(NC(=O)c3ccc(Cl)cc3)s2)cc2c(=O)n3ccccc3nc21. The minimum atomic E-state index is -0.306. The van der Waals surface area contributed by atoms with Crippen molar-refractivity contribution in [2.24, 2.45) is 0 Å². The van der Waals surface area contributed by atoms with Gasteiger partial charge in [-0.15, -0.1) is 17.9 Å². The quantitative estimate of drug-likeness (QED) is 0.187. The van der Waals surface area contributed by atoms with E-state index in [4.69, 9.17) is 22.0 Å². The zero-order valence-electron chi connectivity index (χ0n) is 20.2. The summed E-state index contributed by atoms with van der Waals surface area (Å²) < 4.78 is 3.12. The van der Waals surface area contributed by atoms with Crippen LogP contribution in [0.25, 0.3) is 37.8 Å². The van der Waals surface area contributed by atoms with Crippen molar-refractivity contribution in [1.29, 1.82) is 5.41 Å². The van der Waals surface area contributed by atoms with E-state index in [0.717, 1.165) is 4.88 Å². The second kappa shape index (κ2) is 10.1. The maximum Gasteiger partial charge on any atom is 0.267 e. The average Bonchev–Trinajstić information content (AvgIpc) is 3.61. The highest BCUT2D eigenvalue weighted by atomic mass is 35.5. The van der Waals surface area contributed by atoms with Crippen LogP contribution in [0.4, 0.5) is 5.00 Å². The normalized spacial score (nSPS) is 11.2. The highest BCUT2D eigenvalue weighted by Gasteiger charge is 2.21. The van der Waals surface area contributed by atoms with Crippen LogP contribution in [0.1, 0.15) is 10.4 Å². The molecular weight excluding hydrogens is 552 g/mol. The molecule has 6 rings (SSSR count). The number of halogens is 1. The lowest BCUT2D eigenvalue weighted by Gasteiger charge is -2.12. The van der Waals surface area contributed by atoms with Crippen LogP contribution in [-0.2, 0) is 6.54 Å². The number of benzene rings is 1. The molecule has 0 aliphatic carbocycles. The number of aromatic nitrogens is 4. The standard InChI is InChI=1S/C28H19ClN6O2S2/c1-2-12-35-23(30)18(15-19-24(35)31-21-7-3-4-13-34(21)28(19)37)26-32-22(20-6-5-14-38-20)27(39-26)33-25(36)16-8-10-17(29)11-9-16/h2-11,13-15,30H,1,12H2,(H,33,36). The van der Waals surface area contributed by atoms with E-state index in [0.29, 0.717) is 48.5 Å². The molecule has 11 heteroatoms. The number of nitrogens with one attached hydrogen (secondary N) is 2. The molecule has 1 aromatic carbocycles. The van der Waals surface area contributed by atoms with Crippen LogP contribution in [0, 0.1) is 5.41 Å². The molecule has 0 saturated carbocycles. The third-order valence-electron chi connectivity index (χ3n) is 6.08. The Kier molecular flexibility index (Phi) is 6.43. The molecule has 192 valence electrons. The zero-order chi connectivity index (χ0) is 27.1. The monoisotopic (exact) mass is 570 g/mol. The van der Waals surface area contributed by atoms with Crippen molar-refractivity contribution < 1.29 is 4.79 Å². The van der Waals surface area contributed by atoms with Crippen molar-refractivity contribution in [2.75, 3.05) is 5.32 Å². The predicted molar refractivity (Wildman–Crippen MR) is 157 cm³/mol. The lowest BCUT2D eigenvalue weighted by molar-refractivity contribution is 0.102. The van der Waals surface area contributed by atoms with Gasteiger partial charge in [0.1, 0.15) is 32.5 Å². The molecule has 5 aromatic heterocycles. The van der Waals surface area contributed by atoms with E-state index < -0.39 is 0 Å². The number of fused-ring (bicyclic) bond motifs is 2. The maximum absolute atomic E-state index is 13.5. The first kappa shape index (κ1) is 24.9. The average molecular weight is 571 g/mol. The molecule has 0 spiro atoms. The fourth-order valence-electron chi connectivity index (χ4n) is 4.23. The van der Waals surface area contributed by atoms with Gasteiger partial charge in [0.05, 0.1) is 15.8 Å². The molecular formula is C28H19ClN6O2S2. The van der Waals surface area contributed by atoms with E-state index in [1.54, 1.807) is 59.3 Å². The second-order valence-corrected chi connectivity index (χ2v) is 10.9. The van der Waals surface area contributed by atoms with Gasteiger partial charge in [0.2, 0.25) is 0 Å². The van der Waals surface area contributed by atoms with Gasteiger partial charge in [-0.05, 0) is 53.9 Å². The molecule has 39 heavy (non-hydrogen) atoms. The van der Waals surface area contributed by atoms with Gasteiger partial charge in [-0.2, -0.15) is 0 Å². The molecule has 0 radical (unpaired) electrons. The summed E-state index contributed by atoms with van der Waals surface area (Å²) >= 11 is 8.72. The first-order valence-corrected chi connectivity index (χ1v) is 13.8. The largest absolute Gasteiger partial charge is 0.312 e. The smallest absolute Gasteiger partial charge is 0.267 e. The number of thiophene rings is 1. The lowest BCUT2D eigenvalue weighted by Crippen LogP contribution is -2.26. The molecule has 0 saturated heterocycles. The van der Waals surface area contributed by atoms with Crippen LogP contribution in [0.15, 0.2) is 89.7 Å². The van der Waals surface area contributed by atoms with Crippen LogP contribution in [0.3, 0.4) is 0 Å². The lowest BCUT2D eigenvalue weighted by atomic mass is 10.2. The van der Waals surface area contributed by atoms with Gasteiger partial charge in [0.15, 0.2) is 0 Å². The number of hydrogen-bond acceptors (Lipinski definition) is 7. The highest BCUT2D eigenvalue weighted by molar-refractivity contribution is 7.20. The number of nitrogens with zero attached hydrogens (tertiary/aromatic N) is 4. The molecule has 5 heterocycles. The molecule has 8 nitrogen and oxygen atoms in total. The third-order valence-corrected chi connectivity index (χ3v) is 8.21. The van der Waals surface area contributed by atoms with Crippen LogP contribution in [0.2, 0.25) is 5.02 Å². The first-order chi connectivity index (χ1) is 18.9. The Morgan fingerprint density at radius 2 is 1.95 bits per heavy atom. The Morgan fingerprint density at radius 1 is 1.13 bits per heavy atom. The fourth-order valence-corrected chi connectivity index (χ4v) is 6.14. The number of hydrogen-bond donors (Lipinski definition) is 2. The van der Waals surface area contributed by atoms with Gasteiger partial charge < -0.3 is 9.88 Å². The Labute approximate surface area is 234 Å². The summed E-state index contributed by atoms with van der Waals surface area (Å²) in [6, 6.07) is 17.4. The summed E-state index contributed by atoms with van der Waals surface area (Å²) in [7, 11) is 0. The minimum absolute atomic E-state index is 0.136. The third kappa shape index (κ3) is 4.48. The molecule has 0 aliphatic heterocycles. The second-order valence-electron chi connectivity index (χ2n) is 8.52. The molecule has 6 aromatic rings. The number of anilines is 1. The van der Waals surface area contributed by atoms with Crippen LogP contribution >= 0.6 is 34.3 Å². The predicted octanol–water partition coefficient (Wildman–Crippen LogP) is 6.07. The van der Waals surface area contributed by atoms with Crippen LogP contribution < -0.4 is 16.4 Å². The van der Waals surface area contributed by atoms with Gasteiger partial charge in [-0.3, -0.25) is 19.4 Å². The van der Waals surface area contributed by atoms with Crippen LogP contribution in [0.5, 0.6) is 0 Å². The topological polar surface area (TPSA) is 105 Å². The van der Waals surface area contributed by atoms with Crippen molar-refractivity contribution in [2.45, 2.75) is 6.54 Å². The van der Waals surface area contributed by atoms with E-state index in [1.165, 1.54) is 27.1 Å². The molecule has 0 fully saturated rings. The molecule has 1 amide bonds. The first-order valence-electron chi connectivity index (χ1n) is 11.8. The number of carbonyl (C=O) groups is 1. The van der Waals surface area contributed by atoms with Gasteiger partial charge in [-0.25, -0.2) is 9.97 Å². The van der Waals surface area contributed by atoms with E-state index in [9.17, 15) is 9.59 Å². The summed E-state index contributed by atoms with van der Waals surface area (Å²) in [5.41, 5.74) is 2.27. The fraction of sp³-hybridized carbons (Fsp3) is 0.0357. The Morgan fingerprint density at radius 3 is 2.69 bits per heavy atom. The number of rotatable bonds is 6. The van der Waals surface area contributed by atoms with Crippen molar-refractivity contribution in [3.63, 3.8) is 0 Å². The summed E-state index contributed by atoms with van der Waals surface area (Å²) in [4.78, 5) is 36.9. The number of carbonyl (C=O) groups excluding carboxylic acids is 1. The summed E-state index contributed by atoms with van der Waals surface area (Å²) in [6.45, 7) is 4.11. The van der Waals surface area contributed by atoms with E-state index >= 15 is 0 Å². The summed E-state index contributed by atoms with van der Waals surface area (Å²) in [6.07, 6.45) is 3.32. The highest BCUT2D eigenvalue weighted by Crippen LogP contribution is 2.39. The van der Waals surface area contributed by atoms with E-state index in [2.05, 4.69) is 16.9 Å². The van der Waals surface area contributed by atoms with Gasteiger partial charge in [0, 0.05) is 23.3 Å². The molecule has 0 bridgehead atoms. The van der Waals surface area contributed by atoms with Crippen molar-refractivity contribution in [1.82, 2.24) is 18.9 Å². The zero-order valence-corrected chi connectivity index (χ0v) is 22.6. The molecule has 2 N–H and O–H groups in total. The minimum Gasteiger partial charge on any atom is -0.312 e. The number of amides is 1. The van der Waals surface area contributed by atoms with Crippen LogP contribution in [-0.4, -0.2) is 24.8 Å². The number of thiazole rings is 1. The molecule has 0 atom stereocenters. The van der Waals surface area contributed by atoms with Crippen molar-refractivity contribution in [3.05, 3.63) is 111 Å². The van der Waals surface area contributed by atoms with E-state index in [1.807, 2.05) is 23.6 Å². The van der Waals surface area contributed by atoms with Gasteiger partial charge in [0.25, 0.3) is 11.5 Å². The Balaban J connectivity index is 1.55. The van der Waals surface area contributed by atoms with Crippen molar-refractivity contribution in [3.8, 4) is 21.1 Å². The number of pyridine rings is 2. The van der Waals surface area contributed by atoms with Gasteiger partial charge >= 0.3 is 0 Å². The molecule has 0 aliphatic rings.